The summed E-state index contributed by atoms with van der Waals surface area (Å²) in [4.78, 5) is 46.5. The Bertz CT molecular complexity index is 1050. The molecule has 0 aliphatic carbocycles. The standard InChI is InChI=1S/C18H14O8.2C5H10N2/c19-15(20)13(25-17(23)11-7-3-1-4-8-11)14(16(21)22)26-18(24)12-9-5-2-6-10-12;2*1-2-5(7)3-4-6/h1-10,13-14H,(H,19,20)(H,21,22);2*5H,2-3,7H2,1H3/t13-,14-;2*5-/m011/s1. The van der Waals surface area contributed by atoms with E-state index < -0.39 is 36.1 Å². The topological polar surface area (TPSA) is 236 Å². The van der Waals surface area contributed by atoms with Gasteiger partial charge in [0.15, 0.2) is 12.2 Å². The maximum absolute atomic E-state index is 12.0. The van der Waals surface area contributed by atoms with Crippen molar-refractivity contribution >= 4 is 23.9 Å². The van der Waals surface area contributed by atoms with Crippen LogP contribution in [0, 0.1) is 22.7 Å². The Labute approximate surface area is 232 Å². The molecule has 0 radical (unpaired) electrons. The van der Waals surface area contributed by atoms with Crippen molar-refractivity contribution in [1.29, 1.82) is 10.5 Å². The van der Waals surface area contributed by atoms with Crippen LogP contribution in [0.5, 0.6) is 0 Å². The molecule has 214 valence electrons. The molecule has 0 fully saturated rings. The fraction of sp³-hybridized carbons (Fsp3) is 0.357. The molecular weight excluding hydrogens is 520 g/mol. The highest BCUT2D eigenvalue weighted by molar-refractivity contribution is 5.94. The van der Waals surface area contributed by atoms with Gasteiger partial charge in [-0.05, 0) is 37.1 Å². The highest BCUT2D eigenvalue weighted by atomic mass is 16.6. The number of carboxylic acid groups (broad SMARTS) is 2. The van der Waals surface area contributed by atoms with Crippen LogP contribution >= 0.6 is 0 Å². The summed E-state index contributed by atoms with van der Waals surface area (Å²) < 4.78 is 9.32. The first kappa shape index (κ1) is 35.2. The Morgan fingerprint density at radius 3 is 1.20 bits per heavy atom. The molecular formula is C28H34N4O8. The van der Waals surface area contributed by atoms with Crippen LogP contribution < -0.4 is 21.7 Å². The second-order valence-corrected chi connectivity index (χ2v) is 8.29. The summed E-state index contributed by atoms with van der Waals surface area (Å²) in [6.07, 6.45) is -1.57. The molecule has 40 heavy (non-hydrogen) atoms. The van der Waals surface area contributed by atoms with E-state index in [9.17, 15) is 29.4 Å². The number of quaternary nitrogens is 2. The number of esters is 2. The molecule has 0 bridgehead atoms. The monoisotopic (exact) mass is 554 g/mol. The number of nitrogens with zero attached hydrogens (tertiary/aromatic N) is 2. The van der Waals surface area contributed by atoms with E-state index in [4.69, 9.17) is 10.5 Å². The van der Waals surface area contributed by atoms with E-state index in [0.29, 0.717) is 24.9 Å². The van der Waals surface area contributed by atoms with E-state index in [0.717, 1.165) is 12.8 Å². The van der Waals surface area contributed by atoms with Crippen molar-refractivity contribution in [3.63, 3.8) is 0 Å². The molecule has 12 heteroatoms. The molecule has 0 aromatic heterocycles. The van der Waals surface area contributed by atoms with Crippen LogP contribution in [-0.2, 0) is 19.1 Å². The fourth-order valence-corrected chi connectivity index (χ4v) is 2.53. The van der Waals surface area contributed by atoms with Crippen LogP contribution in [0.4, 0.5) is 0 Å². The zero-order valence-electron chi connectivity index (χ0n) is 22.5. The first-order chi connectivity index (χ1) is 19.0. The number of ether oxygens (including phenoxy) is 2. The Kier molecular flexibility index (Phi) is 17.8. The van der Waals surface area contributed by atoms with Crippen LogP contribution in [0.1, 0.15) is 60.2 Å². The average Bonchev–Trinajstić information content (AvgIpc) is 2.96. The lowest BCUT2D eigenvalue weighted by Crippen LogP contribution is -2.60. The van der Waals surface area contributed by atoms with E-state index in [1.807, 2.05) is 13.8 Å². The normalized spacial score (nSPS) is 12.6. The number of carbonyl (C=O) groups is 4. The molecule has 2 aromatic rings. The Balaban J connectivity index is 0.000000894. The predicted molar refractivity (Wildman–Crippen MR) is 136 cm³/mol. The summed E-state index contributed by atoms with van der Waals surface area (Å²) in [5.74, 6) is -6.35. The molecule has 12 nitrogen and oxygen atoms in total. The Hall–Kier alpha value is -4.78. The smallest absolute Gasteiger partial charge is 0.338 e. The second kappa shape index (κ2) is 20.2. The number of rotatable bonds is 11. The number of hydrogen-bond donors (Lipinski definition) is 2. The highest BCUT2D eigenvalue weighted by Gasteiger charge is 2.32. The third kappa shape index (κ3) is 14.2. The molecule has 0 saturated carbocycles. The van der Waals surface area contributed by atoms with Crippen molar-refractivity contribution in [2.24, 2.45) is 0 Å². The van der Waals surface area contributed by atoms with Crippen molar-refractivity contribution in [1.82, 2.24) is 0 Å². The summed E-state index contributed by atoms with van der Waals surface area (Å²) in [7, 11) is 0. The lowest BCUT2D eigenvalue weighted by molar-refractivity contribution is -0.419. The number of aliphatic carboxylic acids is 2. The number of carboxylic acids is 2. The second-order valence-electron chi connectivity index (χ2n) is 8.29. The summed E-state index contributed by atoms with van der Waals surface area (Å²) in [6.45, 7) is 4.07. The van der Waals surface area contributed by atoms with Crippen LogP contribution in [-0.4, -0.2) is 48.2 Å². The van der Waals surface area contributed by atoms with Gasteiger partial charge >= 0.3 is 11.9 Å². The van der Waals surface area contributed by atoms with E-state index in [2.05, 4.69) is 33.1 Å². The van der Waals surface area contributed by atoms with Gasteiger partial charge in [0.05, 0.1) is 60.1 Å². The molecule has 0 aliphatic heterocycles. The quantitative estimate of drug-likeness (QED) is 0.314. The molecule has 0 saturated heterocycles. The lowest BCUT2D eigenvalue weighted by atomic mass is 10.1. The van der Waals surface area contributed by atoms with Crippen LogP contribution in [0.15, 0.2) is 60.7 Å². The third-order valence-corrected chi connectivity index (χ3v) is 5.14. The summed E-state index contributed by atoms with van der Waals surface area (Å²) in [5, 5.41) is 38.7. The van der Waals surface area contributed by atoms with Crippen LogP contribution in [0.3, 0.4) is 0 Å². The van der Waals surface area contributed by atoms with Gasteiger partial charge in [0.2, 0.25) is 0 Å². The number of hydrogen-bond acceptors (Lipinski definition) is 10. The molecule has 2 rings (SSSR count). The van der Waals surface area contributed by atoms with Crippen molar-refractivity contribution in [2.45, 2.75) is 63.8 Å². The van der Waals surface area contributed by atoms with E-state index in [1.54, 1.807) is 12.1 Å². The lowest BCUT2D eigenvalue weighted by Gasteiger charge is -2.28. The first-order valence-electron chi connectivity index (χ1n) is 12.4. The Morgan fingerprint density at radius 2 is 1.00 bits per heavy atom. The molecule has 0 aliphatic rings. The molecule has 4 atom stereocenters. The van der Waals surface area contributed by atoms with Crippen molar-refractivity contribution in [3.8, 4) is 12.1 Å². The number of benzene rings is 2. The van der Waals surface area contributed by atoms with Gasteiger partial charge in [-0.15, -0.1) is 0 Å². The van der Waals surface area contributed by atoms with Gasteiger partial charge in [-0.1, -0.05) is 50.2 Å². The molecule has 0 unspecified atom stereocenters. The average molecular weight is 555 g/mol. The fourth-order valence-electron chi connectivity index (χ4n) is 2.53. The van der Waals surface area contributed by atoms with E-state index in [1.165, 1.54) is 48.5 Å². The first-order valence-corrected chi connectivity index (χ1v) is 12.4. The third-order valence-electron chi connectivity index (χ3n) is 5.14. The molecule has 0 amide bonds. The van der Waals surface area contributed by atoms with Crippen molar-refractivity contribution < 1.29 is 50.3 Å². The molecule has 0 heterocycles. The summed E-state index contributed by atoms with van der Waals surface area (Å²) >= 11 is 0. The largest absolute Gasteiger partial charge is 0.546 e. The molecule has 6 N–H and O–H groups in total. The van der Waals surface area contributed by atoms with Gasteiger partial charge in [-0.3, -0.25) is 0 Å². The minimum atomic E-state index is -2.39. The minimum absolute atomic E-state index is 0.0229. The minimum Gasteiger partial charge on any atom is -0.546 e. The van der Waals surface area contributed by atoms with Crippen LogP contribution in [0.2, 0.25) is 0 Å². The summed E-state index contributed by atoms with van der Waals surface area (Å²) in [6, 6.07) is 19.3. The number of carbonyl (C=O) groups excluding carboxylic acids is 4. The van der Waals surface area contributed by atoms with Gasteiger partial charge in [-0.2, -0.15) is 10.5 Å². The van der Waals surface area contributed by atoms with Gasteiger partial charge < -0.3 is 40.7 Å². The predicted octanol–water partition coefficient (Wildman–Crippen LogP) is -1.22. The van der Waals surface area contributed by atoms with Gasteiger partial charge in [0, 0.05) is 0 Å². The molecule has 2 aromatic carbocycles. The van der Waals surface area contributed by atoms with Crippen molar-refractivity contribution in [3.05, 3.63) is 71.8 Å². The van der Waals surface area contributed by atoms with E-state index >= 15 is 0 Å². The SMILES string of the molecule is CC[C@@H]([NH3+])CC#N.CC[C@@H]([NH3+])CC#N.O=C(O[C@H](C(=O)[O-])[C@H](OC(=O)c1ccccc1)C(=O)[O-])c1ccccc1. The maximum atomic E-state index is 12.0. The molecule has 0 spiro atoms. The zero-order chi connectivity index (χ0) is 30.5. The summed E-state index contributed by atoms with van der Waals surface area (Å²) in [5.41, 5.74) is 7.40. The van der Waals surface area contributed by atoms with Gasteiger partial charge in [-0.25, -0.2) is 9.59 Å². The van der Waals surface area contributed by atoms with Crippen molar-refractivity contribution in [2.75, 3.05) is 0 Å². The van der Waals surface area contributed by atoms with Crippen LogP contribution in [0.25, 0.3) is 0 Å². The van der Waals surface area contributed by atoms with Gasteiger partial charge in [0.25, 0.3) is 0 Å². The number of nitriles is 2. The highest BCUT2D eigenvalue weighted by Crippen LogP contribution is 2.12. The Morgan fingerprint density at radius 1 is 0.700 bits per heavy atom. The van der Waals surface area contributed by atoms with E-state index in [-0.39, 0.29) is 11.1 Å². The zero-order valence-corrected chi connectivity index (χ0v) is 22.5. The van der Waals surface area contributed by atoms with Gasteiger partial charge in [0.1, 0.15) is 0 Å². The maximum Gasteiger partial charge on any atom is 0.338 e.